The SMILES string of the molecule is CCNC(c1ccccc1C)C(C)(C)c1ccccc1. The molecule has 0 spiro atoms. The van der Waals surface area contributed by atoms with E-state index in [0.29, 0.717) is 6.04 Å². The smallest absolute Gasteiger partial charge is 0.0415 e. The van der Waals surface area contributed by atoms with Gasteiger partial charge in [0.05, 0.1) is 0 Å². The Morgan fingerprint density at radius 3 is 2.15 bits per heavy atom. The number of likely N-dealkylation sites (N-methyl/N-ethyl adjacent to an activating group) is 1. The van der Waals surface area contributed by atoms with E-state index in [9.17, 15) is 0 Å². The van der Waals surface area contributed by atoms with Gasteiger partial charge in [-0.05, 0) is 30.2 Å². The van der Waals surface area contributed by atoms with Gasteiger partial charge in [0, 0.05) is 11.5 Å². The first-order valence-corrected chi connectivity index (χ1v) is 7.41. The molecule has 1 N–H and O–H groups in total. The van der Waals surface area contributed by atoms with Crippen LogP contribution in [-0.4, -0.2) is 6.54 Å². The summed E-state index contributed by atoms with van der Waals surface area (Å²) in [5, 5.41) is 3.68. The first-order chi connectivity index (χ1) is 9.57. The van der Waals surface area contributed by atoms with Crippen molar-refractivity contribution in [1.82, 2.24) is 5.32 Å². The Morgan fingerprint density at radius 1 is 0.950 bits per heavy atom. The van der Waals surface area contributed by atoms with Gasteiger partial charge in [-0.3, -0.25) is 0 Å². The second-order valence-corrected chi connectivity index (χ2v) is 5.93. The number of hydrogen-bond donors (Lipinski definition) is 1. The molecule has 1 nitrogen and oxygen atoms in total. The van der Waals surface area contributed by atoms with Crippen molar-refractivity contribution in [3.8, 4) is 0 Å². The maximum atomic E-state index is 3.68. The lowest BCUT2D eigenvalue weighted by Gasteiger charge is -2.37. The van der Waals surface area contributed by atoms with Gasteiger partial charge in [-0.2, -0.15) is 0 Å². The van der Waals surface area contributed by atoms with E-state index in [0.717, 1.165) is 6.54 Å². The van der Waals surface area contributed by atoms with Crippen molar-refractivity contribution >= 4 is 0 Å². The van der Waals surface area contributed by atoms with Crippen molar-refractivity contribution in [2.75, 3.05) is 6.54 Å². The molecule has 0 saturated carbocycles. The van der Waals surface area contributed by atoms with Crippen LogP contribution in [-0.2, 0) is 5.41 Å². The van der Waals surface area contributed by atoms with Gasteiger partial charge in [-0.25, -0.2) is 0 Å². The molecule has 106 valence electrons. The number of nitrogens with one attached hydrogen (secondary N) is 1. The summed E-state index contributed by atoms with van der Waals surface area (Å²) in [6, 6.07) is 19.8. The Balaban J connectivity index is 2.45. The molecule has 0 aliphatic heterocycles. The molecule has 20 heavy (non-hydrogen) atoms. The van der Waals surface area contributed by atoms with E-state index >= 15 is 0 Å². The lowest BCUT2D eigenvalue weighted by molar-refractivity contribution is 0.353. The highest BCUT2D eigenvalue weighted by molar-refractivity contribution is 5.36. The van der Waals surface area contributed by atoms with Gasteiger partial charge >= 0.3 is 0 Å². The topological polar surface area (TPSA) is 12.0 Å². The highest BCUT2D eigenvalue weighted by Crippen LogP contribution is 2.37. The summed E-state index contributed by atoms with van der Waals surface area (Å²) >= 11 is 0. The van der Waals surface area contributed by atoms with E-state index in [1.807, 2.05) is 0 Å². The first-order valence-electron chi connectivity index (χ1n) is 7.41. The highest BCUT2D eigenvalue weighted by atomic mass is 14.9. The number of rotatable bonds is 5. The van der Waals surface area contributed by atoms with E-state index in [1.165, 1.54) is 16.7 Å². The zero-order chi connectivity index (χ0) is 14.6. The molecule has 0 radical (unpaired) electrons. The van der Waals surface area contributed by atoms with Crippen molar-refractivity contribution in [3.05, 3.63) is 71.3 Å². The minimum Gasteiger partial charge on any atom is -0.309 e. The fourth-order valence-corrected chi connectivity index (χ4v) is 2.90. The van der Waals surface area contributed by atoms with Gasteiger partial charge in [0.2, 0.25) is 0 Å². The molecule has 0 heterocycles. The van der Waals surface area contributed by atoms with Crippen LogP contribution in [0.15, 0.2) is 54.6 Å². The van der Waals surface area contributed by atoms with Crippen LogP contribution < -0.4 is 5.32 Å². The van der Waals surface area contributed by atoms with Crippen molar-refractivity contribution < 1.29 is 0 Å². The first kappa shape index (κ1) is 14.8. The number of aryl methyl sites for hydroxylation is 1. The van der Waals surface area contributed by atoms with Gasteiger partial charge in [0.15, 0.2) is 0 Å². The molecule has 2 aromatic rings. The van der Waals surface area contributed by atoms with Gasteiger partial charge in [0.25, 0.3) is 0 Å². The summed E-state index contributed by atoms with van der Waals surface area (Å²) in [5.74, 6) is 0. The van der Waals surface area contributed by atoms with Crippen LogP contribution in [0.4, 0.5) is 0 Å². The van der Waals surface area contributed by atoms with Gasteiger partial charge in [-0.1, -0.05) is 75.4 Å². The van der Waals surface area contributed by atoms with Gasteiger partial charge in [-0.15, -0.1) is 0 Å². The third kappa shape index (κ3) is 2.94. The Hall–Kier alpha value is -1.60. The summed E-state index contributed by atoms with van der Waals surface area (Å²) in [7, 11) is 0. The third-order valence-electron chi connectivity index (χ3n) is 4.15. The van der Waals surface area contributed by atoms with Crippen LogP contribution in [0.3, 0.4) is 0 Å². The fourth-order valence-electron chi connectivity index (χ4n) is 2.90. The van der Waals surface area contributed by atoms with Gasteiger partial charge in [0.1, 0.15) is 0 Å². The standard InChI is InChI=1S/C19H25N/c1-5-20-18(17-14-10-9-11-15(17)2)19(3,4)16-12-7-6-8-13-16/h6-14,18,20H,5H2,1-4H3. The van der Waals surface area contributed by atoms with Crippen LogP contribution in [0, 0.1) is 6.92 Å². The average molecular weight is 267 g/mol. The molecule has 0 bridgehead atoms. The Morgan fingerprint density at radius 2 is 1.55 bits per heavy atom. The molecular weight excluding hydrogens is 242 g/mol. The Bertz CT molecular complexity index is 543. The lowest BCUT2D eigenvalue weighted by Crippen LogP contribution is -2.37. The molecule has 2 rings (SSSR count). The van der Waals surface area contributed by atoms with E-state index in [2.05, 4.69) is 87.6 Å². The molecule has 0 aliphatic carbocycles. The molecule has 0 fully saturated rings. The quantitative estimate of drug-likeness (QED) is 0.833. The maximum absolute atomic E-state index is 3.68. The Kier molecular flexibility index (Phi) is 4.61. The highest BCUT2D eigenvalue weighted by Gasteiger charge is 2.32. The van der Waals surface area contributed by atoms with Crippen molar-refractivity contribution in [2.24, 2.45) is 0 Å². The third-order valence-corrected chi connectivity index (χ3v) is 4.15. The largest absolute Gasteiger partial charge is 0.309 e. The average Bonchev–Trinajstić information content (AvgIpc) is 2.46. The summed E-state index contributed by atoms with van der Waals surface area (Å²) in [6.45, 7) is 9.98. The predicted octanol–water partition coefficient (Wildman–Crippen LogP) is 4.62. The van der Waals surface area contributed by atoms with Crippen molar-refractivity contribution in [2.45, 2.75) is 39.2 Å². The van der Waals surface area contributed by atoms with E-state index in [4.69, 9.17) is 0 Å². The predicted molar refractivity (Wildman–Crippen MR) is 87.1 cm³/mol. The zero-order valence-electron chi connectivity index (χ0n) is 13.0. The van der Waals surface area contributed by atoms with Crippen LogP contribution in [0.2, 0.25) is 0 Å². The van der Waals surface area contributed by atoms with Crippen LogP contribution in [0.25, 0.3) is 0 Å². The number of hydrogen-bond acceptors (Lipinski definition) is 1. The second-order valence-electron chi connectivity index (χ2n) is 5.93. The summed E-state index contributed by atoms with van der Waals surface area (Å²) in [5.41, 5.74) is 4.16. The van der Waals surface area contributed by atoms with E-state index in [-0.39, 0.29) is 5.41 Å². The summed E-state index contributed by atoms with van der Waals surface area (Å²) in [6.07, 6.45) is 0. The molecule has 1 heteroatoms. The van der Waals surface area contributed by atoms with E-state index in [1.54, 1.807) is 0 Å². The maximum Gasteiger partial charge on any atom is 0.0415 e. The minimum atomic E-state index is 0.0450. The van der Waals surface area contributed by atoms with Crippen molar-refractivity contribution in [1.29, 1.82) is 0 Å². The van der Waals surface area contributed by atoms with Crippen LogP contribution in [0.5, 0.6) is 0 Å². The molecule has 0 aliphatic rings. The van der Waals surface area contributed by atoms with E-state index < -0.39 is 0 Å². The second kappa shape index (κ2) is 6.23. The van der Waals surface area contributed by atoms with Crippen LogP contribution in [0.1, 0.15) is 43.5 Å². The zero-order valence-corrected chi connectivity index (χ0v) is 13.0. The number of benzene rings is 2. The molecule has 0 saturated heterocycles. The molecule has 1 unspecified atom stereocenters. The monoisotopic (exact) mass is 267 g/mol. The molecule has 0 aromatic heterocycles. The minimum absolute atomic E-state index is 0.0450. The Labute approximate surface area is 123 Å². The molecule has 2 aromatic carbocycles. The lowest BCUT2D eigenvalue weighted by atomic mass is 9.74. The summed E-state index contributed by atoms with van der Waals surface area (Å²) in [4.78, 5) is 0. The summed E-state index contributed by atoms with van der Waals surface area (Å²) < 4.78 is 0. The fraction of sp³-hybridized carbons (Fsp3) is 0.368. The molecule has 1 atom stereocenters. The van der Waals surface area contributed by atoms with Gasteiger partial charge < -0.3 is 5.32 Å². The van der Waals surface area contributed by atoms with Crippen LogP contribution >= 0.6 is 0 Å². The molecular formula is C19H25N. The molecule has 0 amide bonds. The van der Waals surface area contributed by atoms with Crippen molar-refractivity contribution in [3.63, 3.8) is 0 Å². The normalized spacial score (nSPS) is 13.2.